The minimum Gasteiger partial charge on any atom is -0.464 e. The molecule has 1 heterocycles. The maximum absolute atomic E-state index is 12.9. The van der Waals surface area contributed by atoms with Crippen LogP contribution in [0.2, 0.25) is 5.02 Å². The monoisotopic (exact) mass is 402 g/mol. The zero-order valence-electron chi connectivity index (χ0n) is 14.3. The van der Waals surface area contributed by atoms with Gasteiger partial charge < -0.3 is 13.9 Å². The van der Waals surface area contributed by atoms with E-state index in [-0.39, 0.29) is 29.6 Å². The van der Waals surface area contributed by atoms with E-state index in [0.29, 0.717) is 18.1 Å². The third-order valence-corrected chi connectivity index (χ3v) is 5.58. The van der Waals surface area contributed by atoms with Crippen molar-refractivity contribution < 1.29 is 27.1 Å². The lowest BCUT2D eigenvalue weighted by molar-refractivity contribution is 0.0594. The molecule has 1 aromatic carbocycles. The minimum absolute atomic E-state index is 0.0248. The highest BCUT2D eigenvalue weighted by molar-refractivity contribution is 7.89. The summed E-state index contributed by atoms with van der Waals surface area (Å²) in [7, 11) is -1.05. The third-order valence-electron chi connectivity index (χ3n) is 3.47. The van der Waals surface area contributed by atoms with E-state index in [9.17, 15) is 13.2 Å². The van der Waals surface area contributed by atoms with Gasteiger partial charge in [-0.25, -0.2) is 18.2 Å². The van der Waals surface area contributed by atoms with Crippen LogP contribution in [0.1, 0.15) is 22.8 Å². The van der Waals surface area contributed by atoms with E-state index in [1.165, 1.54) is 42.8 Å². The largest absolute Gasteiger partial charge is 0.464 e. The van der Waals surface area contributed by atoms with Gasteiger partial charge in [0.1, 0.15) is 6.26 Å². The number of rotatable bonds is 9. The maximum atomic E-state index is 12.9. The molecular formula is C16H19ClN2O6S. The molecule has 2 aromatic rings. The summed E-state index contributed by atoms with van der Waals surface area (Å²) < 4.78 is 41.8. The summed E-state index contributed by atoms with van der Waals surface area (Å²) in [5.41, 5.74) is -0.0248. The van der Waals surface area contributed by atoms with Gasteiger partial charge in [0.2, 0.25) is 15.9 Å². The third kappa shape index (κ3) is 5.04. The zero-order valence-corrected chi connectivity index (χ0v) is 15.9. The van der Waals surface area contributed by atoms with Crippen LogP contribution in [0, 0.1) is 0 Å². The van der Waals surface area contributed by atoms with Crippen LogP contribution < -0.4 is 0 Å². The minimum atomic E-state index is -3.81. The predicted molar refractivity (Wildman–Crippen MR) is 93.4 cm³/mol. The van der Waals surface area contributed by atoms with Crippen molar-refractivity contribution in [2.24, 2.45) is 0 Å². The lowest BCUT2D eigenvalue weighted by Gasteiger charge is -2.20. The van der Waals surface area contributed by atoms with Gasteiger partial charge in [-0.15, -0.1) is 0 Å². The maximum Gasteiger partial charge on any atom is 0.360 e. The van der Waals surface area contributed by atoms with E-state index >= 15 is 0 Å². The molecule has 0 saturated heterocycles. The van der Waals surface area contributed by atoms with Crippen LogP contribution in [0.15, 0.2) is 39.8 Å². The van der Waals surface area contributed by atoms with Gasteiger partial charge in [-0.3, -0.25) is 0 Å². The van der Waals surface area contributed by atoms with Gasteiger partial charge in [0, 0.05) is 25.3 Å². The number of carbonyl (C=O) groups is 1. The number of ether oxygens (including phenoxy) is 2. The molecule has 0 aliphatic carbocycles. The Morgan fingerprint density at radius 3 is 2.58 bits per heavy atom. The lowest BCUT2D eigenvalue weighted by Crippen LogP contribution is -2.32. The molecule has 8 nitrogen and oxygen atoms in total. The number of sulfonamides is 1. The fourth-order valence-corrected chi connectivity index (χ4v) is 3.71. The smallest absolute Gasteiger partial charge is 0.360 e. The van der Waals surface area contributed by atoms with Gasteiger partial charge in [-0.2, -0.15) is 4.31 Å². The average Bonchev–Trinajstić information content (AvgIpc) is 3.09. The van der Waals surface area contributed by atoms with Gasteiger partial charge >= 0.3 is 5.97 Å². The zero-order chi connectivity index (χ0) is 19.2. The van der Waals surface area contributed by atoms with Crippen LogP contribution in [-0.2, 0) is 26.0 Å². The number of methoxy groups -OCH3 is 2. The Kier molecular flexibility index (Phi) is 7.15. The van der Waals surface area contributed by atoms with Gasteiger partial charge in [0.05, 0.1) is 18.6 Å². The molecule has 0 atom stereocenters. The highest BCUT2D eigenvalue weighted by Crippen LogP contribution is 2.21. The fourth-order valence-electron chi connectivity index (χ4n) is 2.16. The Morgan fingerprint density at radius 2 is 1.96 bits per heavy atom. The Morgan fingerprint density at radius 1 is 1.27 bits per heavy atom. The number of halogens is 1. The van der Waals surface area contributed by atoms with Crippen molar-refractivity contribution in [3.8, 4) is 0 Å². The molecule has 0 N–H and O–H groups in total. The second kappa shape index (κ2) is 9.13. The summed E-state index contributed by atoms with van der Waals surface area (Å²) in [4.78, 5) is 15.5. The standard InChI is InChI=1S/C16H19ClN2O6S/c1-23-9-3-8-19(10-15-18-14(11-25-15)16(20)24-2)26(21,22)13-6-4-12(17)5-7-13/h4-7,11H,3,8-10H2,1-2H3. The van der Waals surface area contributed by atoms with Crippen LogP contribution in [0.5, 0.6) is 0 Å². The molecule has 0 spiro atoms. The molecule has 0 unspecified atom stereocenters. The number of nitrogens with zero attached hydrogens (tertiary/aromatic N) is 2. The number of esters is 1. The topological polar surface area (TPSA) is 98.9 Å². The number of hydrogen-bond acceptors (Lipinski definition) is 7. The highest BCUT2D eigenvalue weighted by Gasteiger charge is 2.26. The summed E-state index contributed by atoms with van der Waals surface area (Å²) in [6.07, 6.45) is 1.61. The second-order valence-electron chi connectivity index (χ2n) is 5.26. The molecule has 0 fully saturated rings. The van der Waals surface area contributed by atoms with E-state index in [2.05, 4.69) is 9.72 Å². The molecule has 0 aliphatic rings. The fraction of sp³-hybridized carbons (Fsp3) is 0.375. The van der Waals surface area contributed by atoms with Crippen molar-refractivity contribution in [2.45, 2.75) is 17.9 Å². The van der Waals surface area contributed by atoms with E-state index < -0.39 is 16.0 Å². The number of carbonyl (C=O) groups excluding carboxylic acids is 1. The lowest BCUT2D eigenvalue weighted by atomic mass is 10.4. The van der Waals surface area contributed by atoms with Crippen molar-refractivity contribution in [1.29, 1.82) is 0 Å². The van der Waals surface area contributed by atoms with Crippen LogP contribution >= 0.6 is 11.6 Å². The van der Waals surface area contributed by atoms with Crippen LogP contribution in [-0.4, -0.2) is 51.0 Å². The molecule has 2 rings (SSSR count). The van der Waals surface area contributed by atoms with E-state index in [4.69, 9.17) is 20.8 Å². The molecule has 26 heavy (non-hydrogen) atoms. The summed E-state index contributed by atoms with van der Waals surface area (Å²) in [5, 5.41) is 0.435. The van der Waals surface area contributed by atoms with Gasteiger partial charge in [0.15, 0.2) is 5.69 Å². The summed E-state index contributed by atoms with van der Waals surface area (Å²) >= 11 is 5.83. The molecule has 0 saturated carbocycles. The summed E-state index contributed by atoms with van der Waals surface area (Å²) in [6, 6.07) is 5.86. The molecule has 10 heteroatoms. The van der Waals surface area contributed by atoms with Crippen molar-refractivity contribution in [3.05, 3.63) is 47.1 Å². The van der Waals surface area contributed by atoms with Crippen molar-refractivity contribution >= 4 is 27.6 Å². The molecule has 0 bridgehead atoms. The SMILES string of the molecule is COCCCN(Cc1nc(C(=O)OC)co1)S(=O)(=O)c1ccc(Cl)cc1. The van der Waals surface area contributed by atoms with Gasteiger partial charge in [-0.1, -0.05) is 11.6 Å². The average molecular weight is 403 g/mol. The summed E-state index contributed by atoms with van der Waals surface area (Å²) in [6.45, 7) is 0.450. The van der Waals surface area contributed by atoms with E-state index in [0.717, 1.165) is 6.26 Å². The van der Waals surface area contributed by atoms with Gasteiger partial charge in [0.25, 0.3) is 0 Å². The molecule has 142 valence electrons. The van der Waals surface area contributed by atoms with Crippen molar-refractivity contribution in [3.63, 3.8) is 0 Å². The number of hydrogen-bond donors (Lipinski definition) is 0. The van der Waals surface area contributed by atoms with E-state index in [1.807, 2.05) is 0 Å². The Hall–Kier alpha value is -1.94. The Balaban J connectivity index is 2.26. The number of aromatic nitrogens is 1. The molecule has 0 radical (unpaired) electrons. The van der Waals surface area contributed by atoms with Crippen LogP contribution in [0.4, 0.5) is 0 Å². The van der Waals surface area contributed by atoms with Gasteiger partial charge in [-0.05, 0) is 30.7 Å². The summed E-state index contributed by atoms with van der Waals surface area (Å²) in [5.74, 6) is -0.577. The first kappa shape index (κ1) is 20.4. The normalized spacial score (nSPS) is 11.7. The first-order valence-electron chi connectivity index (χ1n) is 7.66. The van der Waals surface area contributed by atoms with Crippen molar-refractivity contribution in [1.82, 2.24) is 9.29 Å². The van der Waals surface area contributed by atoms with Crippen LogP contribution in [0.3, 0.4) is 0 Å². The highest BCUT2D eigenvalue weighted by atomic mass is 35.5. The Labute approximate surface area is 156 Å². The van der Waals surface area contributed by atoms with Crippen LogP contribution in [0.25, 0.3) is 0 Å². The molecule has 0 amide bonds. The quantitative estimate of drug-likeness (QED) is 0.468. The molecular weight excluding hydrogens is 384 g/mol. The molecule has 1 aromatic heterocycles. The predicted octanol–water partition coefficient (Wildman–Crippen LogP) is 2.34. The molecule has 0 aliphatic heterocycles. The first-order valence-corrected chi connectivity index (χ1v) is 9.47. The Bertz CT molecular complexity index is 835. The second-order valence-corrected chi connectivity index (χ2v) is 7.63. The number of benzene rings is 1. The van der Waals surface area contributed by atoms with Crippen molar-refractivity contribution in [2.75, 3.05) is 27.4 Å². The van der Waals surface area contributed by atoms with E-state index in [1.54, 1.807) is 0 Å². The number of oxazole rings is 1. The first-order chi connectivity index (χ1) is 12.4.